The van der Waals surface area contributed by atoms with Crippen LogP contribution in [0, 0.1) is 0 Å². The van der Waals surface area contributed by atoms with Crippen molar-refractivity contribution >= 4 is 37.4 Å². The van der Waals surface area contributed by atoms with Gasteiger partial charge in [-0.25, -0.2) is 4.98 Å². The van der Waals surface area contributed by atoms with Gasteiger partial charge in [0, 0.05) is 16.6 Å². The fraction of sp³-hybridized carbons (Fsp3) is 0.300. The largest absolute Gasteiger partial charge is 0.301 e. The molecule has 2 aromatic rings. The van der Waals surface area contributed by atoms with E-state index >= 15 is 0 Å². The minimum atomic E-state index is 0.670. The van der Waals surface area contributed by atoms with Crippen LogP contribution in [-0.4, -0.2) is 9.38 Å². The second-order valence-electron chi connectivity index (χ2n) is 3.64. The number of hydrogen-bond acceptors (Lipinski definition) is 1. The Morgan fingerprint density at radius 1 is 1.29 bits per heavy atom. The van der Waals surface area contributed by atoms with Crippen molar-refractivity contribution in [2.24, 2.45) is 0 Å². The lowest BCUT2D eigenvalue weighted by Crippen LogP contribution is -1.91. The lowest BCUT2D eigenvalue weighted by atomic mass is 10.4. The molecule has 3 rings (SSSR count). The van der Waals surface area contributed by atoms with E-state index in [4.69, 9.17) is 0 Å². The molecule has 0 amide bonds. The summed E-state index contributed by atoms with van der Waals surface area (Å²) in [5.74, 6) is 1.86. The molecular formula is C10H8Br2N2. The van der Waals surface area contributed by atoms with Crippen molar-refractivity contribution < 1.29 is 0 Å². The van der Waals surface area contributed by atoms with Gasteiger partial charge in [0.1, 0.15) is 10.4 Å². The van der Waals surface area contributed by atoms with E-state index in [9.17, 15) is 0 Å². The summed E-state index contributed by atoms with van der Waals surface area (Å²) in [6.07, 6.45) is 4.64. The summed E-state index contributed by atoms with van der Waals surface area (Å²) >= 11 is 6.97. The van der Waals surface area contributed by atoms with Crippen molar-refractivity contribution in [2.75, 3.05) is 0 Å². The number of hydrogen-bond donors (Lipinski definition) is 0. The van der Waals surface area contributed by atoms with Gasteiger partial charge in [0.25, 0.3) is 0 Å². The number of fused-ring (bicyclic) bond motifs is 1. The van der Waals surface area contributed by atoms with Gasteiger partial charge >= 0.3 is 0 Å². The summed E-state index contributed by atoms with van der Waals surface area (Å²) in [7, 11) is 0. The van der Waals surface area contributed by atoms with Crippen LogP contribution in [0.5, 0.6) is 0 Å². The lowest BCUT2D eigenvalue weighted by molar-refractivity contribution is 0.916. The van der Waals surface area contributed by atoms with Crippen LogP contribution in [0.4, 0.5) is 0 Å². The van der Waals surface area contributed by atoms with Crippen LogP contribution in [0.3, 0.4) is 0 Å². The van der Waals surface area contributed by atoms with Gasteiger partial charge < -0.3 is 4.40 Å². The van der Waals surface area contributed by atoms with Gasteiger partial charge in [0.05, 0.1) is 5.52 Å². The highest BCUT2D eigenvalue weighted by Crippen LogP contribution is 2.40. The van der Waals surface area contributed by atoms with Crippen LogP contribution in [0.25, 0.3) is 5.52 Å². The van der Waals surface area contributed by atoms with Crippen LogP contribution >= 0.6 is 31.9 Å². The zero-order chi connectivity index (χ0) is 9.71. The summed E-state index contributed by atoms with van der Waals surface area (Å²) < 4.78 is 4.22. The number of halogens is 2. The monoisotopic (exact) mass is 314 g/mol. The van der Waals surface area contributed by atoms with Gasteiger partial charge in [-0.05, 0) is 56.8 Å². The van der Waals surface area contributed by atoms with E-state index in [-0.39, 0.29) is 0 Å². The standard InChI is InChI=1S/C10H8Br2N2/c11-7-3-4-8-9(12)13-10(6-1-2-6)14(8)5-7/h3-6H,1-2H2. The Bertz CT molecular complexity index is 500. The third-order valence-corrected chi connectivity index (χ3v) is 3.58. The van der Waals surface area contributed by atoms with Crippen molar-refractivity contribution in [3.05, 3.63) is 33.2 Å². The maximum atomic E-state index is 4.55. The zero-order valence-corrected chi connectivity index (χ0v) is 10.5. The van der Waals surface area contributed by atoms with Crippen molar-refractivity contribution in [3.63, 3.8) is 0 Å². The fourth-order valence-corrected chi connectivity index (χ4v) is 2.52. The van der Waals surface area contributed by atoms with Crippen molar-refractivity contribution in [2.45, 2.75) is 18.8 Å². The highest BCUT2D eigenvalue weighted by Gasteiger charge is 2.28. The first kappa shape index (κ1) is 8.92. The van der Waals surface area contributed by atoms with Crippen molar-refractivity contribution in [1.29, 1.82) is 0 Å². The van der Waals surface area contributed by atoms with E-state index in [1.54, 1.807) is 0 Å². The molecule has 2 nitrogen and oxygen atoms in total. The summed E-state index contributed by atoms with van der Waals surface area (Å²) in [6.45, 7) is 0. The predicted molar refractivity (Wildman–Crippen MR) is 62.6 cm³/mol. The molecule has 2 heterocycles. The molecule has 2 aromatic heterocycles. The Balaban J connectivity index is 2.33. The number of pyridine rings is 1. The third-order valence-electron chi connectivity index (χ3n) is 2.53. The second-order valence-corrected chi connectivity index (χ2v) is 5.30. The first-order chi connectivity index (χ1) is 6.75. The van der Waals surface area contributed by atoms with E-state index < -0.39 is 0 Å². The van der Waals surface area contributed by atoms with Crippen LogP contribution in [0.15, 0.2) is 27.4 Å². The molecule has 1 aliphatic carbocycles. The molecular weight excluding hydrogens is 308 g/mol. The smallest absolute Gasteiger partial charge is 0.132 e. The molecule has 1 saturated carbocycles. The summed E-state index contributed by atoms with van der Waals surface area (Å²) in [4.78, 5) is 4.55. The van der Waals surface area contributed by atoms with Gasteiger partial charge in [0.2, 0.25) is 0 Å². The number of nitrogens with zero attached hydrogens (tertiary/aromatic N) is 2. The Hall–Kier alpha value is -0.350. The molecule has 1 fully saturated rings. The minimum absolute atomic E-state index is 0.670. The maximum Gasteiger partial charge on any atom is 0.132 e. The highest BCUT2D eigenvalue weighted by atomic mass is 79.9. The molecule has 0 aromatic carbocycles. The Labute approximate surface area is 98.6 Å². The van der Waals surface area contributed by atoms with Gasteiger partial charge in [-0.3, -0.25) is 0 Å². The first-order valence-electron chi connectivity index (χ1n) is 4.59. The van der Waals surface area contributed by atoms with Crippen LogP contribution in [-0.2, 0) is 0 Å². The van der Waals surface area contributed by atoms with Gasteiger partial charge in [0.15, 0.2) is 0 Å². The number of imidazole rings is 1. The van der Waals surface area contributed by atoms with Gasteiger partial charge in [-0.1, -0.05) is 0 Å². The van der Waals surface area contributed by atoms with E-state index in [0.717, 1.165) is 14.6 Å². The predicted octanol–water partition coefficient (Wildman–Crippen LogP) is 3.74. The van der Waals surface area contributed by atoms with Crippen LogP contribution in [0.1, 0.15) is 24.6 Å². The van der Waals surface area contributed by atoms with E-state index in [1.165, 1.54) is 18.7 Å². The third kappa shape index (κ3) is 1.32. The molecule has 0 N–H and O–H groups in total. The molecule has 0 atom stereocenters. The van der Waals surface area contributed by atoms with E-state index in [1.807, 2.05) is 6.07 Å². The Morgan fingerprint density at radius 3 is 2.79 bits per heavy atom. The summed E-state index contributed by atoms with van der Waals surface area (Å²) in [5, 5.41) is 0. The van der Waals surface area contributed by atoms with E-state index in [2.05, 4.69) is 53.5 Å². The molecule has 0 aliphatic heterocycles. The van der Waals surface area contributed by atoms with Crippen LogP contribution < -0.4 is 0 Å². The quantitative estimate of drug-likeness (QED) is 0.783. The summed E-state index contributed by atoms with van der Waals surface area (Å²) in [6, 6.07) is 4.12. The van der Waals surface area contributed by atoms with Gasteiger partial charge in [-0.15, -0.1) is 0 Å². The SMILES string of the molecule is Brc1ccc2c(Br)nc(C3CC3)n2c1. The van der Waals surface area contributed by atoms with E-state index in [0.29, 0.717) is 5.92 Å². The molecule has 0 saturated heterocycles. The molecule has 4 heteroatoms. The molecule has 1 aliphatic rings. The van der Waals surface area contributed by atoms with Crippen LogP contribution in [0.2, 0.25) is 0 Å². The Morgan fingerprint density at radius 2 is 2.07 bits per heavy atom. The molecule has 0 spiro atoms. The average molecular weight is 316 g/mol. The lowest BCUT2D eigenvalue weighted by Gasteiger charge is -1.99. The zero-order valence-electron chi connectivity index (χ0n) is 7.37. The topological polar surface area (TPSA) is 17.3 Å². The normalized spacial score (nSPS) is 16.4. The van der Waals surface area contributed by atoms with Gasteiger partial charge in [-0.2, -0.15) is 0 Å². The fourth-order valence-electron chi connectivity index (χ4n) is 1.67. The number of aromatic nitrogens is 2. The average Bonchev–Trinajstić information content (AvgIpc) is 2.93. The highest BCUT2D eigenvalue weighted by molar-refractivity contribution is 9.10. The molecule has 14 heavy (non-hydrogen) atoms. The minimum Gasteiger partial charge on any atom is -0.301 e. The van der Waals surface area contributed by atoms with Crippen molar-refractivity contribution in [3.8, 4) is 0 Å². The molecule has 0 radical (unpaired) electrons. The van der Waals surface area contributed by atoms with Crippen molar-refractivity contribution in [1.82, 2.24) is 9.38 Å². The second kappa shape index (κ2) is 3.07. The number of rotatable bonds is 1. The summed E-state index contributed by atoms with van der Waals surface area (Å²) in [5.41, 5.74) is 1.15. The molecule has 72 valence electrons. The molecule has 0 bridgehead atoms. The first-order valence-corrected chi connectivity index (χ1v) is 6.17. The maximum absolute atomic E-state index is 4.55. The Kier molecular flexibility index (Phi) is 1.96. The molecule has 0 unspecified atom stereocenters.